The van der Waals surface area contributed by atoms with Crippen LogP contribution in [0.25, 0.3) is 5.13 Å². The van der Waals surface area contributed by atoms with E-state index in [2.05, 4.69) is 16.2 Å². The highest BCUT2D eigenvalue weighted by molar-refractivity contribution is 7.12. The molecule has 1 aliphatic carbocycles. The minimum absolute atomic E-state index is 0.373. The van der Waals surface area contributed by atoms with Crippen molar-refractivity contribution in [1.29, 1.82) is 5.26 Å². The fourth-order valence-electron chi connectivity index (χ4n) is 2.45. The SMILES string of the molecule is N#Cc1c(C2CCCC2)nn(-c2nccs2)c1Cl. The summed E-state index contributed by atoms with van der Waals surface area (Å²) in [7, 11) is 0. The van der Waals surface area contributed by atoms with Crippen molar-refractivity contribution in [2.24, 2.45) is 0 Å². The van der Waals surface area contributed by atoms with E-state index in [1.165, 1.54) is 24.2 Å². The maximum absolute atomic E-state index is 9.27. The third kappa shape index (κ3) is 1.82. The van der Waals surface area contributed by atoms with Gasteiger partial charge in [-0.3, -0.25) is 0 Å². The molecule has 1 saturated carbocycles. The summed E-state index contributed by atoms with van der Waals surface area (Å²) >= 11 is 7.70. The van der Waals surface area contributed by atoms with Gasteiger partial charge in [0.2, 0.25) is 5.13 Å². The predicted molar refractivity (Wildman–Crippen MR) is 70.2 cm³/mol. The van der Waals surface area contributed by atoms with Crippen LogP contribution in [0.2, 0.25) is 5.15 Å². The van der Waals surface area contributed by atoms with E-state index in [1.807, 2.05) is 5.38 Å². The third-order valence-electron chi connectivity index (χ3n) is 3.31. The second-order valence-electron chi connectivity index (χ2n) is 4.37. The Morgan fingerprint density at radius 3 is 2.83 bits per heavy atom. The molecule has 92 valence electrons. The second kappa shape index (κ2) is 4.71. The summed E-state index contributed by atoms with van der Waals surface area (Å²) in [5.41, 5.74) is 1.36. The highest BCUT2D eigenvalue weighted by Crippen LogP contribution is 2.37. The highest BCUT2D eigenvalue weighted by atomic mass is 35.5. The van der Waals surface area contributed by atoms with Crippen molar-refractivity contribution in [3.8, 4) is 11.2 Å². The molecule has 0 bridgehead atoms. The quantitative estimate of drug-likeness (QED) is 0.845. The van der Waals surface area contributed by atoms with E-state index in [1.54, 1.807) is 10.9 Å². The van der Waals surface area contributed by atoms with E-state index in [4.69, 9.17) is 11.6 Å². The van der Waals surface area contributed by atoms with E-state index >= 15 is 0 Å². The molecule has 0 aliphatic heterocycles. The Labute approximate surface area is 114 Å². The van der Waals surface area contributed by atoms with Crippen LogP contribution in [0.5, 0.6) is 0 Å². The summed E-state index contributed by atoms with van der Waals surface area (Å²) < 4.78 is 1.58. The lowest BCUT2D eigenvalue weighted by Gasteiger charge is -2.04. The van der Waals surface area contributed by atoms with Crippen LogP contribution in [-0.4, -0.2) is 14.8 Å². The molecule has 0 spiro atoms. The monoisotopic (exact) mass is 278 g/mol. The van der Waals surface area contributed by atoms with Crippen molar-refractivity contribution >= 4 is 22.9 Å². The maximum atomic E-state index is 9.27. The number of nitrogens with zero attached hydrogens (tertiary/aromatic N) is 4. The van der Waals surface area contributed by atoms with Gasteiger partial charge in [0.25, 0.3) is 0 Å². The number of aromatic nitrogens is 3. The number of halogens is 1. The molecule has 4 nitrogen and oxygen atoms in total. The van der Waals surface area contributed by atoms with Crippen LogP contribution in [0.15, 0.2) is 11.6 Å². The van der Waals surface area contributed by atoms with Gasteiger partial charge in [0.15, 0.2) is 5.15 Å². The number of hydrogen-bond acceptors (Lipinski definition) is 4. The van der Waals surface area contributed by atoms with Crippen molar-refractivity contribution < 1.29 is 0 Å². The summed E-state index contributed by atoms with van der Waals surface area (Å²) in [5.74, 6) is 0.373. The molecule has 0 aromatic carbocycles. The lowest BCUT2D eigenvalue weighted by Crippen LogP contribution is -1.99. The van der Waals surface area contributed by atoms with E-state index < -0.39 is 0 Å². The van der Waals surface area contributed by atoms with Gasteiger partial charge >= 0.3 is 0 Å². The number of nitriles is 1. The minimum Gasteiger partial charge on any atom is -0.227 e. The first-order valence-corrected chi connectivity index (χ1v) is 7.15. The average molecular weight is 279 g/mol. The van der Waals surface area contributed by atoms with Crippen LogP contribution < -0.4 is 0 Å². The van der Waals surface area contributed by atoms with Crippen molar-refractivity contribution in [1.82, 2.24) is 14.8 Å². The lowest BCUT2D eigenvalue weighted by atomic mass is 10.0. The molecule has 0 amide bonds. The molecule has 0 atom stereocenters. The smallest absolute Gasteiger partial charge is 0.211 e. The Kier molecular flexibility index (Phi) is 3.06. The van der Waals surface area contributed by atoms with Gasteiger partial charge in [0, 0.05) is 17.5 Å². The summed E-state index contributed by atoms with van der Waals surface area (Å²) in [6.07, 6.45) is 6.31. The molecule has 0 N–H and O–H groups in total. The van der Waals surface area contributed by atoms with Gasteiger partial charge in [-0.1, -0.05) is 24.4 Å². The normalized spacial score (nSPS) is 16.0. The Morgan fingerprint density at radius 1 is 1.44 bits per heavy atom. The second-order valence-corrected chi connectivity index (χ2v) is 5.60. The van der Waals surface area contributed by atoms with Crippen molar-refractivity contribution in [3.05, 3.63) is 28.0 Å². The molecule has 0 unspecified atom stereocenters. The average Bonchev–Trinajstić information content (AvgIpc) is 3.09. The summed E-state index contributed by atoms with van der Waals surface area (Å²) in [6, 6.07) is 2.18. The molecule has 0 saturated heterocycles. The molecular weight excluding hydrogens is 268 g/mol. The molecule has 6 heteroatoms. The minimum atomic E-state index is 0.373. The highest BCUT2D eigenvalue weighted by Gasteiger charge is 2.27. The van der Waals surface area contributed by atoms with Crippen LogP contribution in [0.4, 0.5) is 0 Å². The van der Waals surface area contributed by atoms with E-state index in [-0.39, 0.29) is 0 Å². The first-order chi connectivity index (χ1) is 8.81. The maximum Gasteiger partial charge on any atom is 0.211 e. The Morgan fingerprint density at radius 2 is 2.22 bits per heavy atom. The summed E-state index contributed by atoms with van der Waals surface area (Å²) in [4.78, 5) is 4.19. The zero-order chi connectivity index (χ0) is 12.5. The van der Waals surface area contributed by atoms with Gasteiger partial charge in [0.1, 0.15) is 11.6 Å². The molecule has 2 aromatic heterocycles. The first-order valence-electron chi connectivity index (χ1n) is 5.89. The van der Waals surface area contributed by atoms with Crippen molar-refractivity contribution in [2.45, 2.75) is 31.6 Å². The van der Waals surface area contributed by atoms with Crippen molar-refractivity contribution in [2.75, 3.05) is 0 Å². The standard InChI is InChI=1S/C12H11ClN4S/c13-11-9(7-14)10(8-3-1-2-4-8)16-17(11)12-15-5-6-18-12/h5-6,8H,1-4H2. The third-order valence-corrected chi connectivity index (χ3v) is 4.41. The van der Waals surface area contributed by atoms with Gasteiger partial charge in [0.05, 0.1) is 5.69 Å². The fourth-order valence-corrected chi connectivity index (χ4v) is 3.35. The van der Waals surface area contributed by atoms with Crippen LogP contribution >= 0.6 is 22.9 Å². The van der Waals surface area contributed by atoms with Gasteiger partial charge in [-0.25, -0.2) is 4.98 Å². The zero-order valence-electron chi connectivity index (χ0n) is 9.64. The summed E-state index contributed by atoms with van der Waals surface area (Å²) in [6.45, 7) is 0. The van der Waals surface area contributed by atoms with Crippen LogP contribution in [-0.2, 0) is 0 Å². The summed E-state index contributed by atoms with van der Waals surface area (Å²) in [5, 5.41) is 16.7. The molecule has 2 aromatic rings. The van der Waals surface area contributed by atoms with Gasteiger partial charge in [-0.15, -0.1) is 11.3 Å². The Bertz CT molecular complexity index is 590. The Balaban J connectivity index is 2.10. The van der Waals surface area contributed by atoms with Crippen LogP contribution in [0.1, 0.15) is 42.9 Å². The topological polar surface area (TPSA) is 54.5 Å². The van der Waals surface area contributed by atoms with Gasteiger partial charge in [-0.05, 0) is 12.8 Å². The molecule has 2 heterocycles. The zero-order valence-corrected chi connectivity index (χ0v) is 11.2. The van der Waals surface area contributed by atoms with Gasteiger partial charge < -0.3 is 0 Å². The fraction of sp³-hybridized carbons (Fsp3) is 0.417. The number of rotatable bonds is 2. The molecular formula is C12H11ClN4S. The number of thiazole rings is 1. The van der Waals surface area contributed by atoms with E-state index in [0.29, 0.717) is 21.8 Å². The van der Waals surface area contributed by atoms with E-state index in [0.717, 1.165) is 18.5 Å². The molecule has 18 heavy (non-hydrogen) atoms. The lowest BCUT2D eigenvalue weighted by molar-refractivity contribution is 0.677. The molecule has 3 rings (SSSR count). The van der Waals surface area contributed by atoms with E-state index in [9.17, 15) is 5.26 Å². The number of hydrogen-bond donors (Lipinski definition) is 0. The molecule has 1 fully saturated rings. The molecule has 0 radical (unpaired) electrons. The van der Waals surface area contributed by atoms with Crippen molar-refractivity contribution in [3.63, 3.8) is 0 Å². The van der Waals surface area contributed by atoms with Crippen LogP contribution in [0, 0.1) is 11.3 Å². The first kappa shape index (κ1) is 11.7. The Hall–Kier alpha value is -1.38. The largest absolute Gasteiger partial charge is 0.227 e. The molecule has 1 aliphatic rings. The van der Waals surface area contributed by atoms with Gasteiger partial charge in [-0.2, -0.15) is 15.0 Å². The predicted octanol–water partition coefficient (Wildman–Crippen LogP) is 3.51. The van der Waals surface area contributed by atoms with Crippen LogP contribution in [0.3, 0.4) is 0 Å².